The van der Waals surface area contributed by atoms with Gasteiger partial charge in [-0.1, -0.05) is 12.1 Å². The Morgan fingerprint density at radius 2 is 1.78 bits per heavy atom. The molecule has 0 bridgehead atoms. The lowest BCUT2D eigenvalue weighted by atomic mass is 10.1. The van der Waals surface area contributed by atoms with Crippen molar-refractivity contribution in [2.75, 3.05) is 0 Å². The molecule has 1 atom stereocenters. The number of benzene rings is 2. The van der Waals surface area contributed by atoms with Gasteiger partial charge in [-0.05, 0) is 55.3 Å². The van der Waals surface area contributed by atoms with E-state index in [1.807, 2.05) is 38.1 Å². The largest absolute Gasteiger partial charge is 0.457 e. The zero-order valence-corrected chi connectivity index (χ0v) is 10.5. The SMILES string of the molecule is Cc1cc(F)ccc1Oc1ccc([C@@H](C)N)cc1. The van der Waals surface area contributed by atoms with E-state index in [1.54, 1.807) is 6.07 Å². The molecule has 2 nitrogen and oxygen atoms in total. The maximum Gasteiger partial charge on any atom is 0.130 e. The van der Waals surface area contributed by atoms with Crippen LogP contribution < -0.4 is 10.5 Å². The molecule has 2 aromatic carbocycles. The highest BCUT2D eigenvalue weighted by atomic mass is 19.1. The molecule has 0 amide bonds. The summed E-state index contributed by atoms with van der Waals surface area (Å²) >= 11 is 0. The van der Waals surface area contributed by atoms with Crippen molar-refractivity contribution >= 4 is 0 Å². The minimum absolute atomic E-state index is 0.00612. The van der Waals surface area contributed by atoms with Crippen LogP contribution in [0.3, 0.4) is 0 Å². The van der Waals surface area contributed by atoms with Crippen LogP contribution in [0.1, 0.15) is 24.1 Å². The van der Waals surface area contributed by atoms with Gasteiger partial charge >= 0.3 is 0 Å². The second-order valence-corrected chi connectivity index (χ2v) is 4.37. The number of hydrogen-bond acceptors (Lipinski definition) is 2. The number of nitrogens with two attached hydrogens (primary N) is 1. The molecule has 0 radical (unpaired) electrons. The molecule has 0 heterocycles. The Bertz CT molecular complexity index is 535. The highest BCUT2D eigenvalue weighted by Gasteiger charge is 2.04. The van der Waals surface area contributed by atoms with Crippen molar-refractivity contribution < 1.29 is 9.13 Å². The summed E-state index contributed by atoms with van der Waals surface area (Å²) in [5.74, 6) is 1.12. The fraction of sp³-hybridized carbons (Fsp3) is 0.200. The van der Waals surface area contributed by atoms with E-state index in [-0.39, 0.29) is 11.9 Å². The van der Waals surface area contributed by atoms with Gasteiger partial charge in [0.15, 0.2) is 0 Å². The lowest BCUT2D eigenvalue weighted by molar-refractivity contribution is 0.476. The van der Waals surface area contributed by atoms with Crippen LogP contribution in [0.5, 0.6) is 11.5 Å². The van der Waals surface area contributed by atoms with E-state index in [0.29, 0.717) is 11.5 Å². The van der Waals surface area contributed by atoms with Crippen molar-refractivity contribution in [1.29, 1.82) is 0 Å². The summed E-state index contributed by atoms with van der Waals surface area (Å²) in [4.78, 5) is 0. The van der Waals surface area contributed by atoms with Crippen LogP contribution in [0.25, 0.3) is 0 Å². The predicted octanol–water partition coefficient (Wildman–Crippen LogP) is 3.95. The van der Waals surface area contributed by atoms with Crippen molar-refractivity contribution in [3.8, 4) is 11.5 Å². The zero-order chi connectivity index (χ0) is 13.1. The second kappa shape index (κ2) is 5.19. The summed E-state index contributed by atoms with van der Waals surface area (Å²) in [6.07, 6.45) is 0. The summed E-state index contributed by atoms with van der Waals surface area (Å²) in [5.41, 5.74) is 7.60. The van der Waals surface area contributed by atoms with E-state index in [0.717, 1.165) is 11.1 Å². The molecular formula is C15H16FNO. The third kappa shape index (κ3) is 2.87. The molecule has 18 heavy (non-hydrogen) atoms. The molecule has 3 heteroatoms. The average molecular weight is 245 g/mol. The molecule has 0 saturated carbocycles. The Labute approximate surface area is 106 Å². The molecule has 2 aromatic rings. The molecule has 0 aliphatic rings. The summed E-state index contributed by atoms with van der Waals surface area (Å²) in [7, 11) is 0. The van der Waals surface area contributed by atoms with Crippen molar-refractivity contribution in [2.45, 2.75) is 19.9 Å². The molecule has 0 unspecified atom stereocenters. The van der Waals surface area contributed by atoms with Gasteiger partial charge in [0.05, 0.1) is 0 Å². The smallest absolute Gasteiger partial charge is 0.130 e. The van der Waals surface area contributed by atoms with Gasteiger partial charge in [-0.2, -0.15) is 0 Å². The fourth-order valence-corrected chi connectivity index (χ4v) is 1.69. The summed E-state index contributed by atoms with van der Waals surface area (Å²) in [6, 6.07) is 12.1. The topological polar surface area (TPSA) is 35.2 Å². The molecule has 0 saturated heterocycles. The van der Waals surface area contributed by atoms with Crippen LogP contribution in [0, 0.1) is 12.7 Å². The van der Waals surface area contributed by atoms with E-state index in [1.165, 1.54) is 12.1 Å². The van der Waals surface area contributed by atoms with Crippen LogP contribution in [0.2, 0.25) is 0 Å². The standard InChI is InChI=1S/C15H16FNO/c1-10-9-13(16)5-8-15(10)18-14-6-3-12(4-7-14)11(2)17/h3-9,11H,17H2,1-2H3/t11-/m1/s1. The zero-order valence-electron chi connectivity index (χ0n) is 10.5. The molecule has 0 spiro atoms. The Morgan fingerprint density at radius 1 is 1.11 bits per heavy atom. The van der Waals surface area contributed by atoms with Crippen LogP contribution in [0.15, 0.2) is 42.5 Å². The number of aryl methyl sites for hydroxylation is 1. The molecule has 0 aliphatic carbocycles. The molecular weight excluding hydrogens is 229 g/mol. The van der Waals surface area contributed by atoms with E-state index >= 15 is 0 Å². The van der Waals surface area contributed by atoms with Crippen molar-refractivity contribution in [1.82, 2.24) is 0 Å². The Morgan fingerprint density at radius 3 is 2.33 bits per heavy atom. The first kappa shape index (κ1) is 12.6. The maximum absolute atomic E-state index is 13.0. The summed E-state index contributed by atoms with van der Waals surface area (Å²) in [6.45, 7) is 3.74. The lowest BCUT2D eigenvalue weighted by Gasteiger charge is -2.10. The average Bonchev–Trinajstić information content (AvgIpc) is 2.33. The van der Waals surface area contributed by atoms with Crippen molar-refractivity contribution in [3.63, 3.8) is 0 Å². The molecule has 0 aromatic heterocycles. The molecule has 94 valence electrons. The van der Waals surface area contributed by atoms with Crippen LogP contribution >= 0.6 is 0 Å². The maximum atomic E-state index is 13.0. The lowest BCUT2D eigenvalue weighted by Crippen LogP contribution is -2.04. The highest BCUT2D eigenvalue weighted by molar-refractivity contribution is 5.38. The van der Waals surface area contributed by atoms with Gasteiger partial charge in [0, 0.05) is 6.04 Å². The highest BCUT2D eigenvalue weighted by Crippen LogP contribution is 2.26. The fourth-order valence-electron chi connectivity index (χ4n) is 1.69. The molecule has 0 aliphatic heterocycles. The Balaban J connectivity index is 2.18. The molecule has 2 N–H and O–H groups in total. The first-order chi connectivity index (χ1) is 8.56. The van der Waals surface area contributed by atoms with Gasteiger partial charge in [-0.3, -0.25) is 0 Å². The Hall–Kier alpha value is -1.87. The van der Waals surface area contributed by atoms with E-state index < -0.39 is 0 Å². The van der Waals surface area contributed by atoms with E-state index in [4.69, 9.17) is 10.5 Å². The van der Waals surface area contributed by atoms with Crippen LogP contribution in [-0.4, -0.2) is 0 Å². The van der Waals surface area contributed by atoms with Gasteiger partial charge in [0.1, 0.15) is 17.3 Å². The normalized spacial score (nSPS) is 12.2. The monoisotopic (exact) mass is 245 g/mol. The molecule has 0 fully saturated rings. The quantitative estimate of drug-likeness (QED) is 0.888. The number of hydrogen-bond donors (Lipinski definition) is 1. The molecule has 2 rings (SSSR count). The van der Waals surface area contributed by atoms with Gasteiger partial charge < -0.3 is 10.5 Å². The number of rotatable bonds is 3. The number of ether oxygens (including phenoxy) is 1. The van der Waals surface area contributed by atoms with Crippen LogP contribution in [0.4, 0.5) is 4.39 Å². The Kier molecular flexibility index (Phi) is 3.63. The minimum Gasteiger partial charge on any atom is -0.457 e. The van der Waals surface area contributed by atoms with Gasteiger partial charge in [0.25, 0.3) is 0 Å². The number of halogens is 1. The third-order valence-corrected chi connectivity index (χ3v) is 2.77. The van der Waals surface area contributed by atoms with Gasteiger partial charge in [0.2, 0.25) is 0 Å². The summed E-state index contributed by atoms with van der Waals surface area (Å²) < 4.78 is 18.6. The van der Waals surface area contributed by atoms with E-state index in [9.17, 15) is 4.39 Å². The predicted molar refractivity (Wildman–Crippen MR) is 70.3 cm³/mol. The van der Waals surface area contributed by atoms with E-state index in [2.05, 4.69) is 0 Å². The third-order valence-electron chi connectivity index (χ3n) is 2.77. The van der Waals surface area contributed by atoms with Crippen molar-refractivity contribution in [3.05, 3.63) is 59.4 Å². The van der Waals surface area contributed by atoms with Crippen LogP contribution in [-0.2, 0) is 0 Å². The van der Waals surface area contributed by atoms with Gasteiger partial charge in [-0.15, -0.1) is 0 Å². The van der Waals surface area contributed by atoms with Gasteiger partial charge in [-0.25, -0.2) is 4.39 Å². The summed E-state index contributed by atoms with van der Waals surface area (Å²) in [5, 5.41) is 0. The van der Waals surface area contributed by atoms with Crippen molar-refractivity contribution in [2.24, 2.45) is 5.73 Å². The first-order valence-corrected chi connectivity index (χ1v) is 5.86. The minimum atomic E-state index is -0.257. The first-order valence-electron chi connectivity index (χ1n) is 5.86. The second-order valence-electron chi connectivity index (χ2n) is 4.37.